The predicted molar refractivity (Wildman–Crippen MR) is 93.2 cm³/mol. The first kappa shape index (κ1) is 17.7. The number of carbonyl (C=O) groups excluding carboxylic acids is 1. The number of hydrogen-bond acceptors (Lipinski definition) is 5. The van der Waals surface area contributed by atoms with E-state index in [4.69, 9.17) is 21.9 Å². The van der Waals surface area contributed by atoms with Crippen molar-refractivity contribution in [3.8, 4) is 0 Å². The van der Waals surface area contributed by atoms with Crippen LogP contribution in [0.25, 0.3) is 0 Å². The van der Waals surface area contributed by atoms with Gasteiger partial charge in [0.05, 0.1) is 11.4 Å². The van der Waals surface area contributed by atoms with Gasteiger partial charge in [0.2, 0.25) is 11.9 Å². The third-order valence-corrected chi connectivity index (χ3v) is 2.98. The molecule has 9 N–H and O–H groups in total. The average Bonchev–Trinajstić information content (AvgIpc) is 2.63. The summed E-state index contributed by atoms with van der Waals surface area (Å²) in [7, 11) is 0. The van der Waals surface area contributed by atoms with Crippen LogP contribution in [-0.4, -0.2) is 28.2 Å². The smallest absolute Gasteiger partial charge is 0.255 e. The van der Waals surface area contributed by atoms with Crippen LogP contribution in [0.3, 0.4) is 0 Å². The maximum absolute atomic E-state index is 12.2. The minimum absolute atomic E-state index is 0.142. The summed E-state index contributed by atoms with van der Waals surface area (Å²) in [6.45, 7) is 0. The Morgan fingerprint density at radius 1 is 0.800 bits per heavy atom. The zero-order valence-corrected chi connectivity index (χ0v) is 13.0. The highest BCUT2D eigenvalue weighted by molar-refractivity contribution is 6.04. The molecule has 2 aromatic rings. The van der Waals surface area contributed by atoms with E-state index < -0.39 is 0 Å². The van der Waals surface area contributed by atoms with Crippen LogP contribution in [0.15, 0.2) is 58.5 Å². The number of nitrogens with two attached hydrogens (primary N) is 2. The maximum atomic E-state index is 12.2. The highest BCUT2D eigenvalue weighted by Crippen LogP contribution is 2.18. The van der Waals surface area contributed by atoms with Gasteiger partial charge in [-0.2, -0.15) is 0 Å². The van der Waals surface area contributed by atoms with Crippen molar-refractivity contribution >= 4 is 34.9 Å². The number of carbonyl (C=O) groups is 1. The summed E-state index contributed by atoms with van der Waals surface area (Å²) < 4.78 is 0. The molecule has 2 rings (SSSR count). The van der Waals surface area contributed by atoms with Crippen molar-refractivity contribution < 1.29 is 15.2 Å². The number of amides is 1. The molecule has 0 fully saturated rings. The first-order valence-corrected chi connectivity index (χ1v) is 7.02. The van der Waals surface area contributed by atoms with Gasteiger partial charge in [-0.15, -0.1) is 0 Å². The third kappa shape index (κ3) is 5.20. The molecule has 2 aromatic carbocycles. The van der Waals surface area contributed by atoms with E-state index in [9.17, 15) is 4.79 Å². The van der Waals surface area contributed by atoms with Gasteiger partial charge in [-0.1, -0.05) is 0 Å². The number of nitrogens with zero attached hydrogens (tertiary/aromatic N) is 2. The number of anilines is 1. The number of hydrogen-bond donors (Lipinski definition) is 7. The van der Waals surface area contributed by atoms with E-state index in [1.165, 1.54) is 0 Å². The Labute approximate surface area is 142 Å². The molecule has 0 aliphatic carbocycles. The molecule has 0 radical (unpaired) electrons. The normalized spacial score (nSPS) is 11.8. The Morgan fingerprint density at radius 2 is 1.24 bits per heavy atom. The largest absolute Gasteiger partial charge is 0.368 e. The van der Waals surface area contributed by atoms with Crippen LogP contribution < -0.4 is 27.7 Å². The first-order chi connectivity index (χ1) is 12.0. The lowest BCUT2D eigenvalue weighted by Gasteiger charge is -2.06. The van der Waals surface area contributed by atoms with Crippen LogP contribution >= 0.6 is 0 Å². The molecule has 0 saturated carbocycles. The van der Waals surface area contributed by atoms with E-state index in [1.807, 2.05) is 0 Å². The molecule has 1 amide bonds. The summed E-state index contributed by atoms with van der Waals surface area (Å²) in [4.78, 5) is 19.9. The zero-order valence-electron chi connectivity index (χ0n) is 13.0. The van der Waals surface area contributed by atoms with Crippen molar-refractivity contribution in [1.82, 2.24) is 11.0 Å². The highest BCUT2D eigenvalue weighted by Gasteiger charge is 2.06. The topological polar surface area (TPSA) is 170 Å². The van der Waals surface area contributed by atoms with Crippen molar-refractivity contribution in [2.45, 2.75) is 0 Å². The molecule has 0 heterocycles. The Kier molecular flexibility index (Phi) is 5.87. The molecule has 0 aliphatic heterocycles. The van der Waals surface area contributed by atoms with E-state index in [1.54, 1.807) is 59.5 Å². The minimum atomic E-state index is -0.309. The Hall–Kier alpha value is -3.63. The van der Waals surface area contributed by atoms with E-state index in [2.05, 4.69) is 15.3 Å². The van der Waals surface area contributed by atoms with Gasteiger partial charge in [0.25, 0.3) is 5.91 Å². The molecular weight excluding hydrogens is 326 g/mol. The average molecular weight is 343 g/mol. The Balaban J connectivity index is 2.04. The number of aliphatic imine (C=N–C) groups is 2. The van der Waals surface area contributed by atoms with Gasteiger partial charge in [-0.3, -0.25) is 15.2 Å². The van der Waals surface area contributed by atoms with Crippen LogP contribution in [0.5, 0.6) is 0 Å². The van der Waals surface area contributed by atoms with Crippen molar-refractivity contribution in [2.24, 2.45) is 21.5 Å². The van der Waals surface area contributed by atoms with Gasteiger partial charge in [-0.05, 0) is 48.5 Å². The summed E-state index contributed by atoms with van der Waals surface area (Å²) in [6, 6.07) is 12.9. The summed E-state index contributed by atoms with van der Waals surface area (Å²) in [6.07, 6.45) is 0. The van der Waals surface area contributed by atoms with E-state index >= 15 is 0 Å². The lowest BCUT2D eigenvalue weighted by Crippen LogP contribution is -2.27. The van der Waals surface area contributed by atoms with Crippen LogP contribution in [0, 0.1) is 0 Å². The molecular formula is C15H17N7O3. The number of guanidine groups is 2. The molecule has 0 spiro atoms. The third-order valence-electron chi connectivity index (χ3n) is 2.98. The van der Waals surface area contributed by atoms with Crippen LogP contribution in [0.1, 0.15) is 10.4 Å². The lowest BCUT2D eigenvalue weighted by atomic mass is 10.2. The second-order valence-corrected chi connectivity index (χ2v) is 4.77. The standard InChI is InChI=1S/C15H17N7O3/c16-14(21-24)19-11-3-1-9(2-4-11)13(23)18-10-5-7-12(8-6-10)20-15(17)22-25/h1-8,24-25H,(H,18,23)(H3,16,19,21)(H3,17,20,22). The number of benzene rings is 2. The summed E-state index contributed by atoms with van der Waals surface area (Å²) in [5, 5.41) is 19.9. The van der Waals surface area contributed by atoms with Crippen molar-refractivity contribution in [2.75, 3.05) is 5.32 Å². The molecule has 25 heavy (non-hydrogen) atoms. The second-order valence-electron chi connectivity index (χ2n) is 4.77. The lowest BCUT2D eigenvalue weighted by molar-refractivity contribution is 0.102. The molecule has 0 saturated heterocycles. The summed E-state index contributed by atoms with van der Waals surface area (Å²) in [5.41, 5.74) is 16.1. The molecule has 0 aromatic heterocycles. The molecule has 0 bridgehead atoms. The maximum Gasteiger partial charge on any atom is 0.255 e. The van der Waals surface area contributed by atoms with E-state index in [-0.39, 0.29) is 17.8 Å². The molecule has 0 atom stereocenters. The predicted octanol–water partition coefficient (Wildman–Crippen LogP) is 0.789. The fourth-order valence-electron chi connectivity index (χ4n) is 1.84. The van der Waals surface area contributed by atoms with Crippen LogP contribution in [-0.2, 0) is 0 Å². The van der Waals surface area contributed by atoms with Gasteiger partial charge in [0.1, 0.15) is 0 Å². The van der Waals surface area contributed by atoms with Gasteiger partial charge in [0.15, 0.2) is 0 Å². The van der Waals surface area contributed by atoms with Gasteiger partial charge in [0, 0.05) is 11.3 Å². The molecule has 10 heteroatoms. The first-order valence-electron chi connectivity index (χ1n) is 7.02. The van der Waals surface area contributed by atoms with Gasteiger partial charge in [-0.25, -0.2) is 20.9 Å². The monoisotopic (exact) mass is 343 g/mol. The number of rotatable bonds is 4. The van der Waals surface area contributed by atoms with E-state index in [0.29, 0.717) is 22.6 Å². The molecule has 10 nitrogen and oxygen atoms in total. The SMILES string of the molecule is NC(=Nc1ccc(NC(=O)c2ccc(N=C(N)NO)cc2)cc1)NO. The molecule has 0 unspecified atom stereocenters. The van der Waals surface area contributed by atoms with Crippen LogP contribution in [0.4, 0.5) is 17.1 Å². The van der Waals surface area contributed by atoms with Gasteiger partial charge >= 0.3 is 0 Å². The molecule has 130 valence electrons. The fraction of sp³-hybridized carbons (Fsp3) is 0. The summed E-state index contributed by atoms with van der Waals surface area (Å²) >= 11 is 0. The van der Waals surface area contributed by atoms with Crippen molar-refractivity contribution in [3.63, 3.8) is 0 Å². The fourth-order valence-corrected chi connectivity index (χ4v) is 1.84. The van der Waals surface area contributed by atoms with E-state index in [0.717, 1.165) is 0 Å². The quantitative estimate of drug-likeness (QED) is 0.244. The Morgan fingerprint density at radius 3 is 1.68 bits per heavy atom. The number of hydroxylamine groups is 2. The molecule has 0 aliphatic rings. The second kappa shape index (κ2) is 8.29. The summed E-state index contributed by atoms with van der Waals surface area (Å²) in [5.74, 6) is -0.606. The van der Waals surface area contributed by atoms with Crippen molar-refractivity contribution in [3.05, 3.63) is 54.1 Å². The van der Waals surface area contributed by atoms with Crippen molar-refractivity contribution in [1.29, 1.82) is 0 Å². The van der Waals surface area contributed by atoms with Gasteiger partial charge < -0.3 is 16.8 Å². The highest BCUT2D eigenvalue weighted by atomic mass is 16.5. The number of nitrogens with one attached hydrogen (secondary N) is 3. The Bertz CT molecular complexity index is 786. The zero-order chi connectivity index (χ0) is 18.2. The minimum Gasteiger partial charge on any atom is -0.368 e. The van der Waals surface area contributed by atoms with Crippen LogP contribution in [0.2, 0.25) is 0 Å².